The van der Waals surface area contributed by atoms with E-state index < -0.39 is 6.16 Å². The summed E-state index contributed by atoms with van der Waals surface area (Å²) >= 11 is 0. The number of carbonyl (C=O) groups is 1. The Morgan fingerprint density at radius 3 is 2.43 bits per heavy atom. The maximum absolute atomic E-state index is 10.3. The minimum absolute atomic E-state index is 0.140. The summed E-state index contributed by atoms with van der Waals surface area (Å²) in [7, 11) is 2.93. The van der Waals surface area contributed by atoms with Crippen LogP contribution in [0, 0.1) is 0 Å². The van der Waals surface area contributed by atoms with Gasteiger partial charge in [-0.25, -0.2) is 4.79 Å². The first kappa shape index (κ1) is 10.2. The molecule has 5 nitrogen and oxygen atoms in total. The van der Waals surface area contributed by atoms with Crippen molar-refractivity contribution >= 4 is 6.16 Å². The summed E-state index contributed by atoms with van der Waals surface area (Å²) in [6.07, 6.45) is -1.38. The molecule has 14 heavy (non-hydrogen) atoms. The summed E-state index contributed by atoms with van der Waals surface area (Å²) in [5, 5.41) is 8.40. The summed E-state index contributed by atoms with van der Waals surface area (Å²) in [6, 6.07) is 4.59. The lowest BCUT2D eigenvalue weighted by Gasteiger charge is -2.08. The maximum Gasteiger partial charge on any atom is 0.511 e. The predicted molar refractivity (Wildman–Crippen MR) is 48.2 cm³/mol. The molecule has 0 aliphatic rings. The van der Waals surface area contributed by atoms with Crippen LogP contribution in [0.5, 0.6) is 17.2 Å². The molecule has 1 rings (SSSR count). The van der Waals surface area contributed by atoms with Crippen LogP contribution < -0.4 is 14.2 Å². The van der Waals surface area contributed by atoms with E-state index in [4.69, 9.17) is 14.6 Å². The highest BCUT2D eigenvalue weighted by Gasteiger charge is 2.09. The predicted octanol–water partition coefficient (Wildman–Crippen LogP) is 1.76. The van der Waals surface area contributed by atoms with Gasteiger partial charge in [-0.15, -0.1) is 0 Å². The van der Waals surface area contributed by atoms with Gasteiger partial charge in [0.1, 0.15) is 5.75 Å². The minimum Gasteiger partial charge on any atom is -0.497 e. The number of hydrogen-bond acceptors (Lipinski definition) is 4. The van der Waals surface area contributed by atoms with E-state index in [0.717, 1.165) is 0 Å². The van der Waals surface area contributed by atoms with Gasteiger partial charge in [-0.1, -0.05) is 0 Å². The zero-order chi connectivity index (χ0) is 10.6. The Hall–Kier alpha value is -1.91. The molecule has 0 unspecified atom stereocenters. The van der Waals surface area contributed by atoms with Gasteiger partial charge in [0.15, 0.2) is 11.5 Å². The molecule has 0 bridgehead atoms. The van der Waals surface area contributed by atoms with Crippen LogP contribution in [0.25, 0.3) is 0 Å². The lowest BCUT2D eigenvalue weighted by molar-refractivity contribution is 0.142. The molecule has 0 aliphatic heterocycles. The van der Waals surface area contributed by atoms with Crippen molar-refractivity contribution in [3.8, 4) is 17.2 Å². The number of rotatable bonds is 3. The lowest BCUT2D eigenvalue weighted by Crippen LogP contribution is -2.04. The van der Waals surface area contributed by atoms with Crippen LogP contribution in [0.2, 0.25) is 0 Å². The van der Waals surface area contributed by atoms with Crippen LogP contribution in [0.3, 0.4) is 0 Å². The third-order valence-corrected chi connectivity index (χ3v) is 1.57. The normalized spacial score (nSPS) is 9.29. The molecular weight excluding hydrogens is 188 g/mol. The summed E-state index contributed by atoms with van der Waals surface area (Å²) in [5.74, 6) is 1.02. The number of hydrogen-bond donors (Lipinski definition) is 1. The van der Waals surface area contributed by atoms with E-state index in [1.807, 2.05) is 0 Å². The zero-order valence-corrected chi connectivity index (χ0v) is 7.81. The van der Waals surface area contributed by atoms with Gasteiger partial charge < -0.3 is 19.3 Å². The Morgan fingerprint density at radius 2 is 1.93 bits per heavy atom. The summed E-state index contributed by atoms with van der Waals surface area (Å²) in [5.41, 5.74) is 0. The third kappa shape index (κ3) is 2.29. The summed E-state index contributed by atoms with van der Waals surface area (Å²) in [4.78, 5) is 10.3. The van der Waals surface area contributed by atoms with E-state index in [0.29, 0.717) is 11.5 Å². The first-order chi connectivity index (χ1) is 6.67. The van der Waals surface area contributed by atoms with Crippen molar-refractivity contribution in [2.24, 2.45) is 0 Å². The molecule has 0 spiro atoms. The first-order valence-corrected chi connectivity index (χ1v) is 3.80. The van der Waals surface area contributed by atoms with Crippen LogP contribution in [0.15, 0.2) is 18.2 Å². The molecule has 5 heteroatoms. The van der Waals surface area contributed by atoms with E-state index >= 15 is 0 Å². The summed E-state index contributed by atoms with van der Waals surface area (Å²) in [6.45, 7) is 0. The van der Waals surface area contributed by atoms with Crippen molar-refractivity contribution in [3.63, 3.8) is 0 Å². The van der Waals surface area contributed by atoms with Gasteiger partial charge >= 0.3 is 6.16 Å². The molecular formula is C9H10O5. The van der Waals surface area contributed by atoms with Gasteiger partial charge in [0.05, 0.1) is 14.2 Å². The summed E-state index contributed by atoms with van der Waals surface area (Å²) < 4.78 is 14.3. The molecule has 0 atom stereocenters. The second kappa shape index (κ2) is 4.36. The van der Waals surface area contributed by atoms with Crippen molar-refractivity contribution < 1.29 is 24.1 Å². The van der Waals surface area contributed by atoms with E-state index in [1.165, 1.54) is 26.4 Å². The minimum atomic E-state index is -1.38. The fraction of sp³-hybridized carbons (Fsp3) is 0.222. The van der Waals surface area contributed by atoms with E-state index in [1.54, 1.807) is 6.07 Å². The van der Waals surface area contributed by atoms with Crippen LogP contribution in [-0.4, -0.2) is 25.5 Å². The van der Waals surface area contributed by atoms with Crippen LogP contribution >= 0.6 is 0 Å². The molecule has 76 valence electrons. The van der Waals surface area contributed by atoms with Gasteiger partial charge in [-0.3, -0.25) is 0 Å². The van der Waals surface area contributed by atoms with Gasteiger partial charge in [-0.2, -0.15) is 0 Å². The molecule has 0 aliphatic carbocycles. The quantitative estimate of drug-likeness (QED) is 0.592. The lowest BCUT2D eigenvalue weighted by atomic mass is 10.3. The van der Waals surface area contributed by atoms with Gasteiger partial charge in [0, 0.05) is 6.07 Å². The Bertz CT molecular complexity index is 334. The van der Waals surface area contributed by atoms with E-state index in [-0.39, 0.29) is 5.75 Å². The third-order valence-electron chi connectivity index (χ3n) is 1.57. The van der Waals surface area contributed by atoms with Crippen molar-refractivity contribution in [2.45, 2.75) is 0 Å². The Morgan fingerprint density at radius 1 is 1.21 bits per heavy atom. The molecule has 1 aromatic rings. The van der Waals surface area contributed by atoms with Crippen molar-refractivity contribution in [1.29, 1.82) is 0 Å². The molecule has 0 radical (unpaired) electrons. The fourth-order valence-electron chi connectivity index (χ4n) is 0.953. The largest absolute Gasteiger partial charge is 0.511 e. The first-order valence-electron chi connectivity index (χ1n) is 3.80. The highest BCUT2D eigenvalue weighted by Crippen LogP contribution is 2.31. The molecule has 0 saturated carbocycles. The van der Waals surface area contributed by atoms with Crippen LogP contribution in [0.1, 0.15) is 0 Å². The Balaban J connectivity index is 2.98. The second-order valence-corrected chi connectivity index (χ2v) is 2.38. The highest BCUT2D eigenvalue weighted by molar-refractivity contribution is 5.63. The monoisotopic (exact) mass is 198 g/mol. The number of ether oxygens (including phenoxy) is 3. The molecule has 0 heterocycles. The fourth-order valence-corrected chi connectivity index (χ4v) is 0.953. The molecule has 0 saturated heterocycles. The molecule has 1 N–H and O–H groups in total. The number of benzene rings is 1. The Labute approximate surface area is 80.8 Å². The average molecular weight is 198 g/mol. The van der Waals surface area contributed by atoms with Gasteiger partial charge in [0.2, 0.25) is 0 Å². The van der Waals surface area contributed by atoms with Crippen molar-refractivity contribution in [1.82, 2.24) is 0 Å². The molecule has 0 fully saturated rings. The molecule has 0 aromatic heterocycles. The highest BCUT2D eigenvalue weighted by atomic mass is 16.7. The van der Waals surface area contributed by atoms with Gasteiger partial charge in [0.25, 0.3) is 0 Å². The standard InChI is InChI=1S/C9H10O5/c1-12-6-3-4-7(14-9(10)11)8(5-6)13-2/h3-5H,1-2H3,(H,10,11). The molecule has 0 amide bonds. The van der Waals surface area contributed by atoms with Crippen LogP contribution in [0.4, 0.5) is 4.79 Å². The maximum atomic E-state index is 10.3. The number of carboxylic acid groups (broad SMARTS) is 1. The van der Waals surface area contributed by atoms with E-state index in [9.17, 15) is 4.79 Å². The molecule has 1 aromatic carbocycles. The van der Waals surface area contributed by atoms with Crippen molar-refractivity contribution in [2.75, 3.05) is 14.2 Å². The topological polar surface area (TPSA) is 65.0 Å². The number of methoxy groups -OCH3 is 2. The zero-order valence-electron chi connectivity index (χ0n) is 7.81. The average Bonchev–Trinajstić information content (AvgIpc) is 2.17. The SMILES string of the molecule is COc1ccc(OC(=O)O)c(OC)c1. The smallest absolute Gasteiger partial charge is 0.497 e. The van der Waals surface area contributed by atoms with E-state index in [2.05, 4.69) is 4.74 Å². The second-order valence-electron chi connectivity index (χ2n) is 2.38. The Kier molecular flexibility index (Phi) is 3.17. The van der Waals surface area contributed by atoms with Gasteiger partial charge in [-0.05, 0) is 12.1 Å². The van der Waals surface area contributed by atoms with Crippen LogP contribution in [-0.2, 0) is 0 Å². The van der Waals surface area contributed by atoms with Crippen molar-refractivity contribution in [3.05, 3.63) is 18.2 Å².